The van der Waals surface area contributed by atoms with E-state index in [2.05, 4.69) is 15.2 Å². The molecular weight excluding hydrogens is 349 g/mol. The van der Waals surface area contributed by atoms with Crippen LogP contribution in [0.25, 0.3) is 10.9 Å². The lowest BCUT2D eigenvalue weighted by molar-refractivity contribution is -0.120. The van der Waals surface area contributed by atoms with Gasteiger partial charge < -0.3 is 14.8 Å². The number of rotatable bonds is 5. The van der Waals surface area contributed by atoms with Gasteiger partial charge in [0, 0.05) is 5.39 Å². The second-order valence-corrected chi connectivity index (χ2v) is 6.59. The highest BCUT2D eigenvalue weighted by Crippen LogP contribution is 2.35. The number of azo groups is 1. The van der Waals surface area contributed by atoms with Crippen LogP contribution in [0.3, 0.4) is 0 Å². The van der Waals surface area contributed by atoms with E-state index < -0.39 is 11.7 Å². The molecule has 140 valence electrons. The third-order valence-electron chi connectivity index (χ3n) is 4.12. The lowest BCUT2D eigenvalue weighted by Gasteiger charge is -2.13. The minimum atomic E-state index is -0.595. The van der Waals surface area contributed by atoms with Crippen molar-refractivity contribution >= 4 is 22.5 Å². The number of ether oxygens (including phenoxy) is 1. The van der Waals surface area contributed by atoms with Gasteiger partial charge in [-0.25, -0.2) is 4.39 Å². The van der Waals surface area contributed by atoms with Gasteiger partial charge >= 0.3 is 5.91 Å². The predicted molar refractivity (Wildman–Crippen MR) is 100 cm³/mol. The topological polar surface area (TPSA) is 87.0 Å². The largest absolute Gasteiger partial charge is 0.493 e. The van der Waals surface area contributed by atoms with Crippen LogP contribution in [0, 0.1) is 12.7 Å². The summed E-state index contributed by atoms with van der Waals surface area (Å²) >= 11 is 0. The number of nitrogens with zero attached hydrogens (tertiary/aromatic N) is 2. The summed E-state index contributed by atoms with van der Waals surface area (Å²) in [6.07, 6.45) is 0. The van der Waals surface area contributed by atoms with Crippen LogP contribution >= 0.6 is 0 Å². The highest BCUT2D eigenvalue weighted by atomic mass is 19.1. The summed E-state index contributed by atoms with van der Waals surface area (Å²) in [5.74, 6) is -0.438. The van der Waals surface area contributed by atoms with Gasteiger partial charge in [-0.3, -0.25) is 4.79 Å². The van der Waals surface area contributed by atoms with Crippen LogP contribution < -0.4 is 4.74 Å². The number of aromatic amines is 1. The third-order valence-corrected chi connectivity index (χ3v) is 4.12. The van der Waals surface area contributed by atoms with Crippen molar-refractivity contribution in [2.75, 3.05) is 6.61 Å². The number of nitrogens with one attached hydrogen (secondary N) is 1. The van der Waals surface area contributed by atoms with Crippen molar-refractivity contribution in [3.63, 3.8) is 0 Å². The van der Waals surface area contributed by atoms with Gasteiger partial charge in [0.25, 0.3) is 0 Å². The zero-order valence-electron chi connectivity index (χ0n) is 15.3. The summed E-state index contributed by atoms with van der Waals surface area (Å²) in [6.45, 7) is 5.76. The summed E-state index contributed by atoms with van der Waals surface area (Å²) in [5.41, 5.74) is 2.48. The van der Waals surface area contributed by atoms with Gasteiger partial charge in [0.1, 0.15) is 11.6 Å². The van der Waals surface area contributed by atoms with E-state index in [1.54, 1.807) is 0 Å². The zero-order valence-corrected chi connectivity index (χ0v) is 15.3. The number of hydrogen-bond donors (Lipinski definition) is 2. The Labute approximate surface area is 155 Å². The molecule has 0 atom stereocenters. The molecule has 0 bridgehead atoms. The van der Waals surface area contributed by atoms with Crippen molar-refractivity contribution in [3.8, 4) is 11.6 Å². The number of benzene rings is 2. The molecule has 0 aliphatic carbocycles. The molecule has 1 amide bonds. The number of hydrogen-bond acceptors (Lipinski definition) is 4. The molecule has 2 N–H and O–H groups in total. The molecule has 0 aliphatic rings. The van der Waals surface area contributed by atoms with Gasteiger partial charge in [-0.1, -0.05) is 26.0 Å². The van der Waals surface area contributed by atoms with Crippen LogP contribution in [-0.4, -0.2) is 22.6 Å². The first-order valence-electron chi connectivity index (χ1n) is 8.53. The van der Waals surface area contributed by atoms with Crippen molar-refractivity contribution in [1.29, 1.82) is 0 Å². The average Bonchev–Trinajstić information content (AvgIpc) is 2.92. The van der Waals surface area contributed by atoms with E-state index >= 15 is 0 Å². The van der Waals surface area contributed by atoms with Crippen LogP contribution in [0.5, 0.6) is 11.6 Å². The smallest absolute Gasteiger partial charge is 0.302 e. The Balaban J connectivity index is 1.74. The van der Waals surface area contributed by atoms with Gasteiger partial charge in [-0.15, -0.1) is 10.2 Å². The van der Waals surface area contributed by atoms with Crippen LogP contribution in [0.2, 0.25) is 0 Å². The van der Waals surface area contributed by atoms with Crippen LogP contribution in [0.15, 0.2) is 46.6 Å². The van der Waals surface area contributed by atoms with Crippen LogP contribution in [-0.2, 0) is 4.79 Å². The molecule has 3 aromatic rings. The third kappa shape index (κ3) is 4.13. The molecule has 0 saturated heterocycles. The van der Waals surface area contributed by atoms with E-state index in [0.717, 1.165) is 11.1 Å². The summed E-state index contributed by atoms with van der Waals surface area (Å²) in [4.78, 5) is 14.6. The molecule has 27 heavy (non-hydrogen) atoms. The van der Waals surface area contributed by atoms with E-state index in [1.807, 2.05) is 39.0 Å². The minimum absolute atomic E-state index is 0.0803. The number of amides is 1. The molecule has 3 rings (SSSR count). The van der Waals surface area contributed by atoms with Crippen LogP contribution in [0.4, 0.5) is 10.1 Å². The number of halogens is 1. The Bertz CT molecular complexity index is 1020. The highest BCUT2D eigenvalue weighted by molar-refractivity contribution is 5.94. The Kier molecular flexibility index (Phi) is 5.21. The van der Waals surface area contributed by atoms with E-state index in [9.17, 15) is 14.3 Å². The summed E-state index contributed by atoms with van der Waals surface area (Å²) < 4.78 is 18.9. The van der Waals surface area contributed by atoms with Crippen molar-refractivity contribution in [1.82, 2.24) is 4.98 Å². The zero-order chi connectivity index (χ0) is 19.6. The van der Waals surface area contributed by atoms with Crippen molar-refractivity contribution < 1.29 is 19.0 Å². The van der Waals surface area contributed by atoms with Gasteiger partial charge in [0.05, 0.1) is 5.52 Å². The van der Waals surface area contributed by atoms with Crippen LogP contribution in [0.1, 0.15) is 30.9 Å². The molecule has 0 radical (unpaired) electrons. The normalized spacial score (nSPS) is 11.6. The number of aromatic hydroxyl groups is 1. The number of fused-ring (bicyclic) bond motifs is 1. The first-order valence-corrected chi connectivity index (χ1v) is 8.53. The number of aromatic nitrogens is 1. The maximum Gasteiger partial charge on any atom is 0.302 e. The average molecular weight is 369 g/mol. The number of H-pyrrole nitrogens is 1. The fraction of sp³-hybridized carbons (Fsp3) is 0.250. The summed E-state index contributed by atoms with van der Waals surface area (Å²) in [7, 11) is 0. The summed E-state index contributed by atoms with van der Waals surface area (Å²) in [5, 5.41) is 17.8. The summed E-state index contributed by atoms with van der Waals surface area (Å²) in [6, 6.07) is 9.77. The molecule has 0 unspecified atom stereocenters. The predicted octanol–water partition coefficient (Wildman–Crippen LogP) is 5.13. The van der Waals surface area contributed by atoms with E-state index in [0.29, 0.717) is 16.7 Å². The van der Waals surface area contributed by atoms with E-state index in [-0.39, 0.29) is 24.1 Å². The van der Waals surface area contributed by atoms with Gasteiger partial charge in [-0.2, -0.15) is 0 Å². The van der Waals surface area contributed by atoms with Crippen molar-refractivity contribution in [3.05, 3.63) is 53.3 Å². The Hall–Kier alpha value is -3.22. The quantitative estimate of drug-likeness (QED) is 0.611. The van der Waals surface area contributed by atoms with E-state index in [4.69, 9.17) is 4.74 Å². The Morgan fingerprint density at radius 3 is 2.78 bits per heavy atom. The number of aryl methyl sites for hydroxylation is 1. The SMILES string of the molecule is Cc1ccc(C(C)C)c(OCC(=O)N=Nc2c(O)[nH]c3cc(F)ccc23)c1. The molecule has 0 fully saturated rings. The van der Waals surface area contributed by atoms with E-state index in [1.165, 1.54) is 18.2 Å². The highest BCUT2D eigenvalue weighted by Gasteiger charge is 2.13. The molecule has 0 aliphatic heterocycles. The fourth-order valence-electron chi connectivity index (χ4n) is 2.76. The fourth-order valence-corrected chi connectivity index (χ4v) is 2.76. The lowest BCUT2D eigenvalue weighted by Crippen LogP contribution is -2.09. The van der Waals surface area contributed by atoms with Gasteiger partial charge in [-0.05, 0) is 48.2 Å². The first-order chi connectivity index (χ1) is 12.8. The molecule has 1 heterocycles. The monoisotopic (exact) mass is 369 g/mol. The Morgan fingerprint density at radius 1 is 1.26 bits per heavy atom. The van der Waals surface area contributed by atoms with Crippen molar-refractivity contribution in [2.45, 2.75) is 26.7 Å². The minimum Gasteiger partial charge on any atom is -0.493 e. The molecular formula is C20H20FN3O3. The second-order valence-electron chi connectivity index (χ2n) is 6.59. The lowest BCUT2D eigenvalue weighted by atomic mass is 10.0. The molecule has 0 saturated carbocycles. The number of carbonyl (C=O) groups is 1. The standard InChI is InChI=1S/C20H20FN3O3/c1-11(2)14-6-4-12(3)8-17(14)27-10-18(25)23-24-19-15-7-5-13(21)9-16(15)22-20(19)26/h4-9,11,22,26H,10H2,1-3H3. The Morgan fingerprint density at radius 2 is 2.04 bits per heavy atom. The van der Waals surface area contributed by atoms with Gasteiger partial charge in [0.15, 0.2) is 12.3 Å². The second kappa shape index (κ2) is 7.57. The molecule has 7 heteroatoms. The molecule has 2 aromatic carbocycles. The van der Waals surface area contributed by atoms with Crippen molar-refractivity contribution in [2.24, 2.45) is 10.2 Å². The van der Waals surface area contributed by atoms with Gasteiger partial charge in [0.2, 0.25) is 5.88 Å². The number of carbonyl (C=O) groups excluding carboxylic acids is 1. The maximum absolute atomic E-state index is 13.2. The first kappa shape index (κ1) is 18.6. The molecule has 6 nitrogen and oxygen atoms in total. The molecule has 0 spiro atoms. The molecule has 1 aromatic heterocycles. The maximum atomic E-state index is 13.2.